The largest absolute Gasteiger partial charge is 0.486 e. The number of hydrogen-bond acceptors (Lipinski definition) is 7. The third-order valence-corrected chi connectivity index (χ3v) is 7.27. The fraction of sp³-hybridized carbons (Fsp3) is 0.379. The van der Waals surface area contributed by atoms with Crippen molar-refractivity contribution in [1.82, 2.24) is 15.5 Å². The average Bonchev–Trinajstić information content (AvgIpc) is 3.58. The lowest BCUT2D eigenvalue weighted by Crippen LogP contribution is -2.54. The second-order valence-electron chi connectivity index (χ2n) is 9.73. The highest BCUT2D eigenvalue weighted by atomic mass is 35.5. The summed E-state index contributed by atoms with van der Waals surface area (Å²) < 4.78 is 16.4. The van der Waals surface area contributed by atoms with Crippen LogP contribution in [0, 0.1) is 0 Å². The third kappa shape index (κ3) is 7.58. The van der Waals surface area contributed by atoms with Crippen molar-refractivity contribution in [1.29, 1.82) is 0 Å². The number of halogens is 2. The van der Waals surface area contributed by atoms with Crippen LogP contribution in [0.2, 0.25) is 10.0 Å². The summed E-state index contributed by atoms with van der Waals surface area (Å²) in [4.78, 5) is 52.8. The number of nitrogens with one attached hydrogen (secondary N) is 2. The van der Waals surface area contributed by atoms with Crippen LogP contribution >= 0.6 is 23.2 Å². The summed E-state index contributed by atoms with van der Waals surface area (Å²) in [5.74, 6) is -1.66. The fourth-order valence-corrected chi connectivity index (χ4v) is 5.30. The molecule has 2 N–H and O–H groups in total. The van der Waals surface area contributed by atoms with Gasteiger partial charge < -0.3 is 29.7 Å². The number of likely N-dealkylation sites (tertiary alicyclic amines) is 1. The van der Waals surface area contributed by atoms with Gasteiger partial charge in [0.15, 0.2) is 5.75 Å². The third-order valence-electron chi connectivity index (χ3n) is 6.71. The number of rotatable bonds is 11. The van der Waals surface area contributed by atoms with Crippen LogP contribution in [-0.2, 0) is 30.5 Å². The maximum Gasteiger partial charge on any atom is 0.310 e. The van der Waals surface area contributed by atoms with Crippen LogP contribution < -0.4 is 15.4 Å². The van der Waals surface area contributed by atoms with Gasteiger partial charge in [-0.05, 0) is 37.5 Å². The molecule has 12 heteroatoms. The van der Waals surface area contributed by atoms with Gasteiger partial charge in [-0.25, -0.2) is 0 Å². The van der Waals surface area contributed by atoms with E-state index in [1.807, 2.05) is 30.3 Å². The van der Waals surface area contributed by atoms with Crippen molar-refractivity contribution in [2.45, 2.75) is 57.2 Å². The number of esters is 1. The first-order valence-electron chi connectivity index (χ1n) is 13.2. The molecule has 0 aliphatic carbocycles. The van der Waals surface area contributed by atoms with E-state index in [0.29, 0.717) is 19.4 Å². The Morgan fingerprint density at radius 1 is 1.20 bits per heavy atom. The van der Waals surface area contributed by atoms with Crippen molar-refractivity contribution in [3.8, 4) is 5.75 Å². The van der Waals surface area contributed by atoms with Crippen molar-refractivity contribution in [2.24, 2.45) is 0 Å². The van der Waals surface area contributed by atoms with Crippen LogP contribution in [-0.4, -0.2) is 66.2 Å². The average molecular weight is 604 g/mol. The summed E-state index contributed by atoms with van der Waals surface area (Å²) in [5.41, 5.74) is 1.04. The number of carbonyl (C=O) groups is 4. The Labute approximate surface area is 247 Å². The van der Waals surface area contributed by atoms with Crippen molar-refractivity contribution < 1.29 is 33.4 Å². The second-order valence-corrected chi connectivity index (χ2v) is 10.5. The summed E-state index contributed by atoms with van der Waals surface area (Å²) in [6.07, 6.45) is 1.59. The minimum Gasteiger partial charge on any atom is -0.486 e. The topological polar surface area (TPSA) is 123 Å². The summed E-state index contributed by atoms with van der Waals surface area (Å²) in [5, 5.41) is 5.75. The van der Waals surface area contributed by atoms with Gasteiger partial charge in [-0.1, -0.05) is 66.2 Å². The van der Waals surface area contributed by atoms with Crippen LogP contribution in [0.4, 0.5) is 0 Å². The van der Waals surface area contributed by atoms with E-state index in [0.717, 1.165) is 5.56 Å². The Hall–Kier alpha value is -3.60. The second kappa shape index (κ2) is 13.8. The molecule has 2 saturated heterocycles. The van der Waals surface area contributed by atoms with Gasteiger partial charge in [0, 0.05) is 12.1 Å². The zero-order chi connectivity index (χ0) is 29.5. The minimum atomic E-state index is -0.942. The molecule has 2 unspecified atom stereocenters. The lowest BCUT2D eigenvalue weighted by atomic mass is 10.1. The highest BCUT2D eigenvalue weighted by Gasteiger charge is 2.41. The van der Waals surface area contributed by atoms with Crippen molar-refractivity contribution in [3.05, 3.63) is 76.3 Å². The maximum atomic E-state index is 13.3. The molecule has 0 radical (unpaired) electrons. The van der Waals surface area contributed by atoms with E-state index in [-0.39, 0.29) is 41.0 Å². The van der Waals surface area contributed by atoms with Crippen molar-refractivity contribution >= 4 is 46.9 Å². The van der Waals surface area contributed by atoms with Gasteiger partial charge in [-0.2, -0.15) is 0 Å². The number of carbonyl (C=O) groups excluding carboxylic acids is 4. The maximum absolute atomic E-state index is 13.3. The van der Waals surface area contributed by atoms with Gasteiger partial charge in [0.1, 0.15) is 24.7 Å². The molecule has 2 heterocycles. The number of amides is 3. The Kier molecular flexibility index (Phi) is 10.3. The normalized spacial score (nSPS) is 20.7. The van der Waals surface area contributed by atoms with Crippen molar-refractivity contribution in [3.63, 3.8) is 0 Å². The van der Waals surface area contributed by atoms with Crippen LogP contribution in [0.15, 0.2) is 55.1 Å². The molecule has 10 nitrogen and oxygen atoms in total. The van der Waals surface area contributed by atoms with E-state index in [1.165, 1.54) is 30.0 Å². The molecule has 2 aliphatic rings. The molecule has 0 aromatic heterocycles. The van der Waals surface area contributed by atoms with Crippen molar-refractivity contribution in [2.75, 3.05) is 13.2 Å². The first-order chi connectivity index (χ1) is 19.7. The summed E-state index contributed by atoms with van der Waals surface area (Å²) in [6.45, 7) is 5.84. The molecule has 2 fully saturated rings. The molecule has 4 atom stereocenters. The Morgan fingerprint density at radius 3 is 2.59 bits per heavy atom. The number of hydrogen-bond donors (Lipinski definition) is 2. The lowest BCUT2D eigenvalue weighted by molar-refractivity contribution is -0.168. The molecule has 4 rings (SSSR count). The van der Waals surface area contributed by atoms with E-state index >= 15 is 0 Å². The molecule has 218 valence electrons. The quantitative estimate of drug-likeness (QED) is 0.297. The van der Waals surface area contributed by atoms with Gasteiger partial charge >= 0.3 is 5.97 Å². The van der Waals surface area contributed by atoms with Gasteiger partial charge in [0.2, 0.25) is 18.1 Å². The van der Waals surface area contributed by atoms with Gasteiger partial charge in [-0.15, -0.1) is 0 Å². The molecular weight excluding hydrogens is 573 g/mol. The fourth-order valence-electron chi connectivity index (χ4n) is 4.70. The first-order valence-corrected chi connectivity index (χ1v) is 13.9. The number of nitrogens with zero attached hydrogens (tertiary/aromatic N) is 1. The van der Waals surface area contributed by atoms with E-state index in [1.54, 1.807) is 0 Å². The predicted octanol–water partition coefficient (Wildman–Crippen LogP) is 3.64. The number of ether oxygens (including phenoxy) is 3. The smallest absolute Gasteiger partial charge is 0.310 e. The Bertz CT molecular complexity index is 1280. The molecule has 0 spiro atoms. The van der Waals surface area contributed by atoms with Gasteiger partial charge in [-0.3, -0.25) is 19.2 Å². The molecule has 2 aromatic rings. The highest BCUT2D eigenvalue weighted by molar-refractivity contribution is 6.37. The monoisotopic (exact) mass is 603 g/mol. The predicted molar refractivity (Wildman–Crippen MR) is 151 cm³/mol. The molecular formula is C29H31Cl2N3O7. The Balaban J connectivity index is 1.35. The lowest BCUT2D eigenvalue weighted by Gasteiger charge is -2.28. The molecule has 0 bridgehead atoms. The van der Waals surface area contributed by atoms with Crippen LogP contribution in [0.25, 0.3) is 0 Å². The summed E-state index contributed by atoms with van der Waals surface area (Å²) in [6, 6.07) is 9.77. The first kappa shape index (κ1) is 30.4. The van der Waals surface area contributed by atoms with Crippen LogP contribution in [0.5, 0.6) is 5.75 Å². The Morgan fingerprint density at radius 2 is 1.90 bits per heavy atom. The zero-order valence-corrected chi connectivity index (χ0v) is 24.0. The van der Waals surface area contributed by atoms with Crippen LogP contribution in [0.1, 0.15) is 42.1 Å². The minimum absolute atomic E-state index is 0.0408. The molecule has 3 amide bonds. The van der Waals surface area contributed by atoms with E-state index in [9.17, 15) is 19.2 Å². The molecule has 2 aromatic carbocycles. The highest BCUT2D eigenvalue weighted by Crippen LogP contribution is 2.34. The van der Waals surface area contributed by atoms with E-state index in [4.69, 9.17) is 37.4 Å². The standard InChI is InChI=1S/C29H31Cl2N3O7/c1-3-12-39-25-20(30)13-19(14-21(25)31)26(36)32-17(2)28(38)34-11-7-10-23(34)27(37)33-22-15-24(35)41-29(22)40-16-18-8-5-4-6-9-18/h3-6,8-9,13-14,17,22-23,29H,1,7,10-12,15-16H2,2H3,(H,32,36)(H,33,37)/t17-,22?,23-,29?/m0/s1. The van der Waals surface area contributed by atoms with E-state index in [2.05, 4.69) is 17.2 Å². The summed E-state index contributed by atoms with van der Waals surface area (Å²) in [7, 11) is 0. The zero-order valence-electron chi connectivity index (χ0n) is 22.4. The molecule has 0 saturated carbocycles. The van der Waals surface area contributed by atoms with E-state index < -0.39 is 48.1 Å². The van der Waals surface area contributed by atoms with Crippen LogP contribution in [0.3, 0.4) is 0 Å². The number of cyclic esters (lactones) is 1. The number of benzene rings is 2. The van der Waals surface area contributed by atoms with Gasteiger partial charge in [0.25, 0.3) is 5.91 Å². The molecule has 41 heavy (non-hydrogen) atoms. The van der Waals surface area contributed by atoms with Gasteiger partial charge in [0.05, 0.1) is 23.1 Å². The molecule has 2 aliphatic heterocycles. The SMILES string of the molecule is C=CCOc1c(Cl)cc(C(=O)N[C@@H](C)C(=O)N2CCC[C@H]2C(=O)NC2CC(=O)OC2OCc2ccccc2)cc1Cl. The summed E-state index contributed by atoms with van der Waals surface area (Å²) >= 11 is 12.5.